The molecule has 0 spiro atoms. The number of benzene rings is 2. The summed E-state index contributed by atoms with van der Waals surface area (Å²) in [5, 5.41) is 1.77. The lowest BCUT2D eigenvalue weighted by molar-refractivity contribution is 0.627. The molecule has 0 atom stereocenters. The quantitative estimate of drug-likeness (QED) is 0.498. The first-order valence-corrected chi connectivity index (χ1v) is 7.30. The van der Waals surface area contributed by atoms with Crippen LogP contribution < -0.4 is 5.56 Å². The smallest absolute Gasteiger partial charge is 0.255 e. The number of pyridine rings is 2. The van der Waals surface area contributed by atoms with E-state index in [1.807, 2.05) is 25.1 Å². The zero-order chi connectivity index (χ0) is 16.0. The van der Waals surface area contributed by atoms with E-state index in [1.165, 1.54) is 18.2 Å². The van der Waals surface area contributed by atoms with Crippen molar-refractivity contribution in [2.24, 2.45) is 0 Å². The molecule has 0 amide bonds. The van der Waals surface area contributed by atoms with Gasteiger partial charge < -0.3 is 0 Å². The second kappa shape index (κ2) is 5.02. The van der Waals surface area contributed by atoms with Crippen LogP contribution in [0.3, 0.4) is 0 Å². The van der Waals surface area contributed by atoms with Crippen molar-refractivity contribution in [2.45, 2.75) is 6.92 Å². The van der Waals surface area contributed by atoms with Gasteiger partial charge in [-0.25, -0.2) is 4.39 Å². The minimum absolute atomic E-state index is 0.155. The lowest BCUT2D eigenvalue weighted by Gasteiger charge is -2.12. The third kappa shape index (κ3) is 2.19. The van der Waals surface area contributed by atoms with Crippen molar-refractivity contribution in [2.75, 3.05) is 0 Å². The Morgan fingerprint density at radius 1 is 1.00 bits per heavy atom. The number of fused-ring (bicyclic) bond motifs is 3. The summed E-state index contributed by atoms with van der Waals surface area (Å²) in [6.45, 7) is 2.00. The molecule has 0 saturated heterocycles. The summed E-state index contributed by atoms with van der Waals surface area (Å²) in [7, 11) is 0. The van der Waals surface area contributed by atoms with Crippen LogP contribution in [0, 0.1) is 12.7 Å². The normalized spacial score (nSPS) is 11.2. The molecule has 112 valence electrons. The first-order chi connectivity index (χ1) is 11.1. The van der Waals surface area contributed by atoms with E-state index in [0.717, 1.165) is 27.4 Å². The van der Waals surface area contributed by atoms with E-state index in [0.29, 0.717) is 5.69 Å². The molecule has 2 aromatic heterocycles. The standard InChI is InChI=1S/C19H13FN2O/c1-12-2-8-17-16(10-12)19-13(11-21-17)3-9-18(23)22(19)15-6-4-14(20)5-7-15/h2-11H,1H3. The first-order valence-electron chi connectivity index (χ1n) is 7.30. The van der Waals surface area contributed by atoms with Gasteiger partial charge >= 0.3 is 0 Å². The zero-order valence-corrected chi connectivity index (χ0v) is 12.5. The molecule has 3 nitrogen and oxygen atoms in total. The molecule has 0 fully saturated rings. The van der Waals surface area contributed by atoms with Gasteiger partial charge in [0.1, 0.15) is 5.82 Å². The third-order valence-corrected chi connectivity index (χ3v) is 3.96. The zero-order valence-electron chi connectivity index (χ0n) is 12.5. The SMILES string of the molecule is Cc1ccc2ncc3ccc(=O)n(-c4ccc(F)cc4)c3c2c1. The van der Waals surface area contributed by atoms with Crippen molar-refractivity contribution >= 4 is 21.8 Å². The van der Waals surface area contributed by atoms with E-state index in [4.69, 9.17) is 0 Å². The Labute approximate surface area is 131 Å². The molecule has 2 heterocycles. The van der Waals surface area contributed by atoms with E-state index in [2.05, 4.69) is 4.98 Å². The van der Waals surface area contributed by atoms with Gasteiger partial charge in [-0.2, -0.15) is 0 Å². The summed E-state index contributed by atoms with van der Waals surface area (Å²) >= 11 is 0. The summed E-state index contributed by atoms with van der Waals surface area (Å²) in [6.07, 6.45) is 1.76. The fourth-order valence-electron chi connectivity index (χ4n) is 2.87. The van der Waals surface area contributed by atoms with Gasteiger partial charge in [-0.15, -0.1) is 0 Å². The van der Waals surface area contributed by atoms with Crippen LogP contribution in [0.2, 0.25) is 0 Å². The van der Waals surface area contributed by atoms with Crippen LogP contribution in [-0.2, 0) is 0 Å². The second-order valence-corrected chi connectivity index (χ2v) is 5.57. The van der Waals surface area contributed by atoms with Crippen LogP contribution in [0.5, 0.6) is 0 Å². The van der Waals surface area contributed by atoms with Gasteiger partial charge in [-0.05, 0) is 49.4 Å². The van der Waals surface area contributed by atoms with Crippen LogP contribution in [0.4, 0.5) is 4.39 Å². The lowest BCUT2D eigenvalue weighted by atomic mass is 10.1. The molecule has 0 saturated carbocycles. The molecule has 0 N–H and O–H groups in total. The Kier molecular flexibility index (Phi) is 2.98. The van der Waals surface area contributed by atoms with Gasteiger partial charge in [0.25, 0.3) is 5.56 Å². The number of nitrogens with zero attached hydrogens (tertiary/aromatic N) is 2. The van der Waals surface area contributed by atoms with Gasteiger partial charge in [-0.3, -0.25) is 14.3 Å². The van der Waals surface area contributed by atoms with Crippen LogP contribution in [0.15, 0.2) is 65.6 Å². The number of aryl methyl sites for hydroxylation is 1. The Morgan fingerprint density at radius 3 is 2.57 bits per heavy atom. The van der Waals surface area contributed by atoms with Gasteiger partial charge in [-0.1, -0.05) is 11.6 Å². The van der Waals surface area contributed by atoms with Crippen molar-refractivity contribution in [3.63, 3.8) is 0 Å². The first kappa shape index (κ1) is 13.6. The minimum Gasteiger partial charge on any atom is -0.276 e. The molecule has 0 radical (unpaired) electrons. The fraction of sp³-hybridized carbons (Fsp3) is 0.0526. The highest BCUT2D eigenvalue weighted by Gasteiger charge is 2.10. The van der Waals surface area contributed by atoms with Gasteiger partial charge in [0.2, 0.25) is 0 Å². The highest BCUT2D eigenvalue weighted by Crippen LogP contribution is 2.25. The number of hydrogen-bond donors (Lipinski definition) is 0. The summed E-state index contributed by atoms with van der Waals surface area (Å²) in [4.78, 5) is 16.9. The number of rotatable bonds is 1. The Balaban J connectivity index is 2.21. The molecule has 23 heavy (non-hydrogen) atoms. The Hall–Kier alpha value is -3.01. The van der Waals surface area contributed by atoms with Gasteiger partial charge in [0, 0.05) is 28.7 Å². The average Bonchev–Trinajstić information content (AvgIpc) is 2.56. The molecule has 0 aliphatic carbocycles. The second-order valence-electron chi connectivity index (χ2n) is 5.57. The van der Waals surface area contributed by atoms with E-state index < -0.39 is 0 Å². The number of hydrogen-bond acceptors (Lipinski definition) is 2. The topological polar surface area (TPSA) is 34.9 Å². The molecule has 4 rings (SSSR count). The monoisotopic (exact) mass is 304 g/mol. The highest BCUT2D eigenvalue weighted by atomic mass is 19.1. The molecule has 2 aromatic carbocycles. The van der Waals surface area contributed by atoms with Gasteiger partial charge in [0.05, 0.1) is 11.0 Å². The van der Waals surface area contributed by atoms with Crippen molar-refractivity contribution in [1.29, 1.82) is 0 Å². The molecular weight excluding hydrogens is 291 g/mol. The van der Waals surface area contributed by atoms with Crippen molar-refractivity contribution < 1.29 is 4.39 Å². The fourth-order valence-corrected chi connectivity index (χ4v) is 2.87. The van der Waals surface area contributed by atoms with Crippen molar-refractivity contribution in [1.82, 2.24) is 9.55 Å². The van der Waals surface area contributed by atoms with Crippen LogP contribution >= 0.6 is 0 Å². The van der Waals surface area contributed by atoms with Crippen molar-refractivity contribution in [3.8, 4) is 5.69 Å². The predicted molar refractivity (Wildman–Crippen MR) is 89.5 cm³/mol. The maximum Gasteiger partial charge on any atom is 0.255 e. The highest BCUT2D eigenvalue weighted by molar-refractivity contribution is 6.04. The van der Waals surface area contributed by atoms with E-state index in [1.54, 1.807) is 29.0 Å². The molecule has 0 aliphatic heterocycles. The Morgan fingerprint density at radius 2 is 1.78 bits per heavy atom. The van der Waals surface area contributed by atoms with Crippen LogP contribution in [0.1, 0.15) is 5.56 Å². The molecule has 4 heteroatoms. The van der Waals surface area contributed by atoms with Crippen LogP contribution in [0.25, 0.3) is 27.5 Å². The molecular formula is C19H13FN2O. The van der Waals surface area contributed by atoms with E-state index >= 15 is 0 Å². The molecule has 0 bridgehead atoms. The van der Waals surface area contributed by atoms with Crippen molar-refractivity contribution in [3.05, 3.63) is 82.5 Å². The number of aromatic nitrogens is 2. The summed E-state index contributed by atoms with van der Waals surface area (Å²) in [5.74, 6) is -0.329. The van der Waals surface area contributed by atoms with Gasteiger partial charge in [0.15, 0.2) is 0 Å². The predicted octanol–water partition coefficient (Wildman–Crippen LogP) is 3.99. The maximum atomic E-state index is 13.2. The summed E-state index contributed by atoms with van der Waals surface area (Å²) in [6, 6.07) is 15.2. The minimum atomic E-state index is -0.329. The van der Waals surface area contributed by atoms with E-state index in [-0.39, 0.29) is 11.4 Å². The summed E-state index contributed by atoms with van der Waals surface area (Å²) < 4.78 is 14.8. The summed E-state index contributed by atoms with van der Waals surface area (Å²) in [5.41, 5.74) is 3.19. The average molecular weight is 304 g/mol. The largest absolute Gasteiger partial charge is 0.276 e. The molecule has 0 aliphatic rings. The molecule has 4 aromatic rings. The van der Waals surface area contributed by atoms with Crippen LogP contribution in [-0.4, -0.2) is 9.55 Å². The maximum absolute atomic E-state index is 13.2. The Bertz CT molecular complexity index is 1100. The molecule has 0 unspecified atom stereocenters. The number of halogens is 1. The third-order valence-electron chi connectivity index (χ3n) is 3.96. The van der Waals surface area contributed by atoms with E-state index in [9.17, 15) is 9.18 Å². The lowest BCUT2D eigenvalue weighted by Crippen LogP contribution is -2.17.